The molecule has 0 saturated carbocycles. The first-order chi connectivity index (χ1) is 14.0. The van der Waals surface area contributed by atoms with Gasteiger partial charge in [0, 0.05) is 16.6 Å². The average Bonchev–Trinajstić information content (AvgIpc) is 3.10. The fraction of sp³-hybridized carbons (Fsp3) is 0.308. The summed E-state index contributed by atoms with van der Waals surface area (Å²) in [7, 11) is 0. The Labute approximate surface area is 171 Å². The summed E-state index contributed by atoms with van der Waals surface area (Å²) < 4.78 is 15.4. The predicted octanol–water partition coefficient (Wildman–Crippen LogP) is 6.32. The van der Waals surface area contributed by atoms with Crippen molar-refractivity contribution < 1.29 is 4.39 Å². The topological polar surface area (TPSA) is 27.8 Å². The molecule has 3 heteroatoms. The van der Waals surface area contributed by atoms with Gasteiger partial charge in [0.05, 0.1) is 6.04 Å². The maximum Gasteiger partial charge on any atom is 0.136 e. The Morgan fingerprint density at radius 1 is 1.10 bits per heavy atom. The van der Waals surface area contributed by atoms with Crippen molar-refractivity contribution in [3.05, 3.63) is 82.3 Å². The summed E-state index contributed by atoms with van der Waals surface area (Å²) in [6.07, 6.45) is 1.75. The van der Waals surface area contributed by atoms with Crippen LogP contribution in [-0.4, -0.2) is 11.5 Å². The number of nitrogens with one attached hydrogen (secondary N) is 2. The van der Waals surface area contributed by atoms with Crippen LogP contribution in [0, 0.1) is 12.7 Å². The third-order valence-corrected chi connectivity index (χ3v) is 6.49. The highest BCUT2D eigenvalue weighted by Crippen LogP contribution is 2.37. The van der Waals surface area contributed by atoms with Crippen LogP contribution in [0.5, 0.6) is 0 Å². The van der Waals surface area contributed by atoms with Crippen LogP contribution in [-0.2, 0) is 12.8 Å². The predicted molar refractivity (Wildman–Crippen MR) is 119 cm³/mol. The highest BCUT2D eigenvalue weighted by Gasteiger charge is 2.27. The Morgan fingerprint density at radius 2 is 1.90 bits per heavy atom. The van der Waals surface area contributed by atoms with Gasteiger partial charge in [0.15, 0.2) is 0 Å². The van der Waals surface area contributed by atoms with E-state index in [2.05, 4.69) is 72.7 Å². The van der Waals surface area contributed by atoms with E-state index in [-0.39, 0.29) is 11.9 Å². The smallest absolute Gasteiger partial charge is 0.136 e. The fourth-order valence-electron chi connectivity index (χ4n) is 5.01. The molecule has 1 aliphatic heterocycles. The molecule has 0 fully saturated rings. The molecule has 4 aromatic rings. The molecule has 2 nitrogen and oxygen atoms in total. The molecule has 5 rings (SSSR count). The third-order valence-electron chi connectivity index (χ3n) is 6.49. The lowest BCUT2D eigenvalue weighted by Crippen LogP contribution is -2.31. The van der Waals surface area contributed by atoms with E-state index in [4.69, 9.17) is 0 Å². The minimum atomic E-state index is -0.0467. The van der Waals surface area contributed by atoms with Crippen LogP contribution >= 0.6 is 0 Å². The Balaban J connectivity index is 1.62. The molecule has 0 saturated heterocycles. The number of aromatic nitrogens is 1. The van der Waals surface area contributed by atoms with E-state index in [1.165, 1.54) is 16.3 Å². The highest BCUT2D eigenvalue weighted by molar-refractivity contribution is 5.88. The van der Waals surface area contributed by atoms with Gasteiger partial charge in [-0.3, -0.25) is 0 Å². The second-order valence-corrected chi connectivity index (χ2v) is 8.60. The summed E-state index contributed by atoms with van der Waals surface area (Å²) in [4.78, 5) is 3.60. The van der Waals surface area contributed by atoms with Gasteiger partial charge in [0.2, 0.25) is 0 Å². The molecule has 1 atom stereocenters. The van der Waals surface area contributed by atoms with Crippen molar-refractivity contribution in [2.75, 3.05) is 6.54 Å². The molecule has 1 unspecified atom stereocenters. The molecule has 29 heavy (non-hydrogen) atoms. The average molecular weight is 387 g/mol. The standard InChI is InChI=1S/C26H27FN2/c1-15(2)21-14-22-24(25(27)16(21)3)20-11-12-28-23(26(20)29-22)13-18-9-6-8-17-7-4-5-10-19(17)18/h4-10,14-15,23,28-29H,11-13H2,1-3H3. The van der Waals surface area contributed by atoms with Gasteiger partial charge in [-0.25, -0.2) is 4.39 Å². The van der Waals surface area contributed by atoms with Crippen LogP contribution < -0.4 is 5.32 Å². The van der Waals surface area contributed by atoms with E-state index in [0.717, 1.165) is 52.7 Å². The number of fused-ring (bicyclic) bond motifs is 4. The second kappa shape index (κ2) is 7.00. The SMILES string of the molecule is Cc1c(C(C)C)cc2[nH]c3c(c2c1F)CCNC3Cc1cccc2ccccc12. The van der Waals surface area contributed by atoms with Crippen molar-refractivity contribution in [3.8, 4) is 0 Å². The molecular formula is C26H27FN2. The maximum absolute atomic E-state index is 15.4. The van der Waals surface area contributed by atoms with Crippen LogP contribution in [0.3, 0.4) is 0 Å². The van der Waals surface area contributed by atoms with Gasteiger partial charge in [-0.2, -0.15) is 0 Å². The van der Waals surface area contributed by atoms with Gasteiger partial charge >= 0.3 is 0 Å². The second-order valence-electron chi connectivity index (χ2n) is 8.60. The molecule has 2 heterocycles. The van der Waals surface area contributed by atoms with Gasteiger partial charge in [0.25, 0.3) is 0 Å². The summed E-state index contributed by atoms with van der Waals surface area (Å²) in [6, 6.07) is 17.4. The van der Waals surface area contributed by atoms with E-state index >= 15 is 4.39 Å². The number of hydrogen-bond donors (Lipinski definition) is 2. The molecule has 0 radical (unpaired) electrons. The summed E-state index contributed by atoms with van der Waals surface area (Å²) in [5, 5.41) is 7.02. The minimum Gasteiger partial charge on any atom is -0.357 e. The largest absolute Gasteiger partial charge is 0.357 e. The van der Waals surface area contributed by atoms with Crippen LogP contribution in [0.25, 0.3) is 21.7 Å². The molecule has 1 aromatic heterocycles. The first-order valence-electron chi connectivity index (χ1n) is 10.6. The summed E-state index contributed by atoms with van der Waals surface area (Å²) in [6.45, 7) is 7.04. The van der Waals surface area contributed by atoms with Crippen molar-refractivity contribution in [1.82, 2.24) is 10.3 Å². The number of benzene rings is 3. The van der Waals surface area contributed by atoms with Crippen LogP contribution in [0.2, 0.25) is 0 Å². The summed E-state index contributed by atoms with van der Waals surface area (Å²) in [5.41, 5.74) is 6.45. The van der Waals surface area contributed by atoms with Crippen molar-refractivity contribution in [2.24, 2.45) is 0 Å². The highest BCUT2D eigenvalue weighted by atomic mass is 19.1. The minimum absolute atomic E-state index is 0.0467. The van der Waals surface area contributed by atoms with Gasteiger partial charge in [-0.15, -0.1) is 0 Å². The molecule has 0 aliphatic carbocycles. The lowest BCUT2D eigenvalue weighted by molar-refractivity contribution is 0.495. The van der Waals surface area contributed by atoms with E-state index in [1.54, 1.807) is 0 Å². The quantitative estimate of drug-likeness (QED) is 0.423. The van der Waals surface area contributed by atoms with Crippen molar-refractivity contribution in [2.45, 2.75) is 45.6 Å². The number of rotatable bonds is 3. The molecule has 0 spiro atoms. The lowest BCUT2D eigenvalue weighted by Gasteiger charge is -2.25. The number of hydrogen-bond acceptors (Lipinski definition) is 1. The number of H-pyrrole nitrogens is 1. The summed E-state index contributed by atoms with van der Waals surface area (Å²) >= 11 is 0. The molecule has 148 valence electrons. The van der Waals surface area contributed by atoms with Crippen molar-refractivity contribution >= 4 is 21.7 Å². The molecule has 3 aromatic carbocycles. The van der Waals surface area contributed by atoms with Crippen molar-refractivity contribution in [3.63, 3.8) is 0 Å². The first kappa shape index (κ1) is 18.4. The van der Waals surface area contributed by atoms with E-state index in [1.807, 2.05) is 6.92 Å². The zero-order valence-electron chi connectivity index (χ0n) is 17.3. The third kappa shape index (κ3) is 2.96. The van der Waals surface area contributed by atoms with Gasteiger partial charge in [0.1, 0.15) is 5.82 Å². The van der Waals surface area contributed by atoms with Crippen molar-refractivity contribution in [1.29, 1.82) is 0 Å². The monoisotopic (exact) mass is 386 g/mol. The molecule has 1 aliphatic rings. The van der Waals surface area contributed by atoms with Crippen LogP contribution in [0.15, 0.2) is 48.5 Å². The lowest BCUT2D eigenvalue weighted by atomic mass is 9.91. The van der Waals surface area contributed by atoms with Crippen LogP contribution in [0.4, 0.5) is 4.39 Å². The Hall–Kier alpha value is -2.65. The molecular weight excluding hydrogens is 359 g/mol. The Bertz CT molecular complexity index is 1210. The molecule has 0 bridgehead atoms. The zero-order chi connectivity index (χ0) is 20.1. The van der Waals surface area contributed by atoms with E-state index < -0.39 is 0 Å². The molecule has 2 N–H and O–H groups in total. The maximum atomic E-state index is 15.4. The Morgan fingerprint density at radius 3 is 2.72 bits per heavy atom. The number of halogens is 1. The van der Waals surface area contributed by atoms with E-state index in [9.17, 15) is 0 Å². The van der Waals surface area contributed by atoms with Crippen LogP contribution in [0.1, 0.15) is 53.8 Å². The summed E-state index contributed by atoms with van der Waals surface area (Å²) in [5.74, 6) is 0.258. The molecule has 0 amide bonds. The fourth-order valence-corrected chi connectivity index (χ4v) is 5.01. The number of aromatic amines is 1. The normalized spacial score (nSPS) is 16.7. The van der Waals surface area contributed by atoms with Gasteiger partial charge in [-0.05, 0) is 71.3 Å². The Kier molecular flexibility index (Phi) is 4.44. The van der Waals surface area contributed by atoms with Gasteiger partial charge < -0.3 is 10.3 Å². The van der Waals surface area contributed by atoms with E-state index in [0.29, 0.717) is 5.92 Å². The van der Waals surface area contributed by atoms with Gasteiger partial charge in [-0.1, -0.05) is 56.3 Å². The zero-order valence-corrected chi connectivity index (χ0v) is 17.3. The first-order valence-corrected chi connectivity index (χ1v) is 10.6.